The minimum absolute atomic E-state index is 0.373. The number of rotatable bonds is 4. The molecule has 0 N–H and O–H groups in total. The van der Waals surface area contributed by atoms with E-state index in [2.05, 4.69) is 4.18 Å². The SMILES string of the molecule is C#CCOS(=O)(=O)Cc1ccccc1C(F)(F)F. The second kappa shape index (κ2) is 5.42. The molecule has 0 spiro atoms. The Bertz CT molecular complexity index is 556. The van der Waals surface area contributed by atoms with Gasteiger partial charge in [-0.3, -0.25) is 4.18 Å². The number of halogens is 3. The molecule has 98 valence electrons. The van der Waals surface area contributed by atoms with Crippen LogP contribution in [0.2, 0.25) is 0 Å². The molecule has 0 fully saturated rings. The van der Waals surface area contributed by atoms with Crippen molar-refractivity contribution in [3.8, 4) is 12.3 Å². The second-order valence-corrected chi connectivity index (χ2v) is 4.96. The van der Waals surface area contributed by atoms with Crippen molar-refractivity contribution in [2.75, 3.05) is 6.61 Å². The van der Waals surface area contributed by atoms with Gasteiger partial charge in [0.15, 0.2) is 0 Å². The molecule has 1 aromatic rings. The van der Waals surface area contributed by atoms with E-state index in [1.165, 1.54) is 12.1 Å². The van der Waals surface area contributed by atoms with Gasteiger partial charge in [-0.2, -0.15) is 21.6 Å². The molecule has 3 nitrogen and oxygen atoms in total. The Morgan fingerprint density at radius 3 is 2.44 bits per heavy atom. The highest BCUT2D eigenvalue weighted by atomic mass is 32.2. The van der Waals surface area contributed by atoms with Crippen molar-refractivity contribution in [3.05, 3.63) is 35.4 Å². The van der Waals surface area contributed by atoms with Gasteiger partial charge >= 0.3 is 6.18 Å². The van der Waals surface area contributed by atoms with E-state index in [4.69, 9.17) is 6.42 Å². The van der Waals surface area contributed by atoms with Crippen LogP contribution in [0, 0.1) is 12.3 Å². The number of terminal acetylenes is 1. The summed E-state index contributed by atoms with van der Waals surface area (Å²) in [5, 5.41) is 0. The average molecular weight is 278 g/mol. The first-order chi connectivity index (χ1) is 8.26. The lowest BCUT2D eigenvalue weighted by Crippen LogP contribution is -2.14. The Morgan fingerprint density at radius 1 is 1.28 bits per heavy atom. The van der Waals surface area contributed by atoms with Crippen LogP contribution < -0.4 is 0 Å². The molecule has 0 unspecified atom stereocenters. The van der Waals surface area contributed by atoms with E-state index in [0.717, 1.165) is 12.1 Å². The lowest BCUT2D eigenvalue weighted by atomic mass is 10.1. The van der Waals surface area contributed by atoms with Gasteiger partial charge in [-0.1, -0.05) is 24.1 Å². The molecule has 0 bridgehead atoms. The van der Waals surface area contributed by atoms with Gasteiger partial charge in [-0.25, -0.2) is 0 Å². The highest BCUT2D eigenvalue weighted by Crippen LogP contribution is 2.32. The summed E-state index contributed by atoms with van der Waals surface area (Å²) in [6.07, 6.45) is 0.196. The van der Waals surface area contributed by atoms with Crippen LogP contribution in [0.4, 0.5) is 13.2 Å². The molecule has 0 aromatic heterocycles. The Kier molecular flexibility index (Phi) is 4.38. The molecule has 0 saturated heterocycles. The molecular weight excluding hydrogens is 269 g/mol. The summed E-state index contributed by atoms with van der Waals surface area (Å²) in [7, 11) is -4.12. The maximum atomic E-state index is 12.6. The molecular formula is C11H9F3O3S. The first-order valence-electron chi connectivity index (χ1n) is 4.72. The number of benzene rings is 1. The van der Waals surface area contributed by atoms with Gasteiger partial charge in [-0.05, 0) is 11.6 Å². The van der Waals surface area contributed by atoms with Crippen LogP contribution in [0.15, 0.2) is 24.3 Å². The third kappa shape index (κ3) is 4.05. The van der Waals surface area contributed by atoms with E-state index in [1.807, 2.05) is 5.92 Å². The predicted molar refractivity (Wildman–Crippen MR) is 58.9 cm³/mol. The van der Waals surface area contributed by atoms with Gasteiger partial charge in [0.2, 0.25) is 0 Å². The van der Waals surface area contributed by atoms with Gasteiger partial charge in [0.05, 0.1) is 5.56 Å². The fourth-order valence-electron chi connectivity index (χ4n) is 1.28. The first-order valence-corrected chi connectivity index (χ1v) is 6.29. The summed E-state index contributed by atoms with van der Waals surface area (Å²) >= 11 is 0. The van der Waals surface area contributed by atoms with Crippen LogP contribution in [0.25, 0.3) is 0 Å². The van der Waals surface area contributed by atoms with E-state index in [9.17, 15) is 21.6 Å². The van der Waals surface area contributed by atoms with Gasteiger partial charge in [0, 0.05) is 0 Å². The highest BCUT2D eigenvalue weighted by Gasteiger charge is 2.34. The van der Waals surface area contributed by atoms with Crippen molar-refractivity contribution >= 4 is 10.1 Å². The average Bonchev–Trinajstić information content (AvgIpc) is 2.25. The summed E-state index contributed by atoms with van der Waals surface area (Å²) in [6, 6.07) is 4.40. The lowest BCUT2D eigenvalue weighted by Gasteiger charge is -2.12. The van der Waals surface area contributed by atoms with Crippen LogP contribution >= 0.6 is 0 Å². The van der Waals surface area contributed by atoms with Crippen LogP contribution in [0.3, 0.4) is 0 Å². The molecule has 0 aliphatic heterocycles. The third-order valence-electron chi connectivity index (χ3n) is 1.98. The molecule has 0 saturated carbocycles. The van der Waals surface area contributed by atoms with Crippen molar-refractivity contribution in [2.24, 2.45) is 0 Å². The van der Waals surface area contributed by atoms with Crippen LogP contribution in [-0.4, -0.2) is 15.0 Å². The van der Waals surface area contributed by atoms with E-state index in [1.54, 1.807) is 0 Å². The number of alkyl halides is 3. The topological polar surface area (TPSA) is 43.4 Å². The second-order valence-electron chi connectivity index (χ2n) is 3.32. The van der Waals surface area contributed by atoms with Crippen molar-refractivity contribution < 1.29 is 25.8 Å². The zero-order valence-electron chi connectivity index (χ0n) is 9.07. The quantitative estimate of drug-likeness (QED) is 0.626. The lowest BCUT2D eigenvalue weighted by molar-refractivity contribution is -0.138. The molecule has 0 radical (unpaired) electrons. The number of hydrogen-bond acceptors (Lipinski definition) is 3. The summed E-state index contributed by atoms with van der Waals surface area (Å²) in [4.78, 5) is 0. The fraction of sp³-hybridized carbons (Fsp3) is 0.273. The van der Waals surface area contributed by atoms with Gasteiger partial charge < -0.3 is 0 Å². The minimum atomic E-state index is -4.61. The largest absolute Gasteiger partial charge is 0.416 e. The van der Waals surface area contributed by atoms with Crippen molar-refractivity contribution in [1.82, 2.24) is 0 Å². The van der Waals surface area contributed by atoms with E-state index in [-0.39, 0.29) is 5.56 Å². The Labute approximate surface area is 103 Å². The maximum Gasteiger partial charge on any atom is 0.416 e. The maximum absolute atomic E-state index is 12.6. The molecule has 0 amide bonds. The normalized spacial score (nSPS) is 12.1. The minimum Gasteiger partial charge on any atom is -0.257 e. The highest BCUT2D eigenvalue weighted by molar-refractivity contribution is 7.85. The zero-order chi connectivity index (χ0) is 13.8. The van der Waals surface area contributed by atoms with Gasteiger partial charge in [0.1, 0.15) is 12.4 Å². The molecule has 0 aliphatic carbocycles. The van der Waals surface area contributed by atoms with Crippen LogP contribution in [0.1, 0.15) is 11.1 Å². The summed E-state index contributed by atoms with van der Waals surface area (Å²) in [6.45, 7) is -0.503. The summed E-state index contributed by atoms with van der Waals surface area (Å²) < 4.78 is 64.8. The third-order valence-corrected chi connectivity index (χ3v) is 3.12. The van der Waals surface area contributed by atoms with Gasteiger partial charge in [0.25, 0.3) is 10.1 Å². The number of hydrogen-bond donors (Lipinski definition) is 0. The van der Waals surface area contributed by atoms with Crippen molar-refractivity contribution in [2.45, 2.75) is 11.9 Å². The Morgan fingerprint density at radius 2 is 1.89 bits per heavy atom. The summed E-state index contributed by atoms with van der Waals surface area (Å²) in [5.74, 6) is 1.06. The van der Waals surface area contributed by atoms with Crippen LogP contribution in [0.5, 0.6) is 0 Å². The molecule has 0 atom stereocenters. The van der Waals surface area contributed by atoms with Crippen molar-refractivity contribution in [1.29, 1.82) is 0 Å². The van der Waals surface area contributed by atoms with E-state index >= 15 is 0 Å². The van der Waals surface area contributed by atoms with Crippen LogP contribution in [-0.2, 0) is 26.2 Å². The Balaban J connectivity index is 3.03. The van der Waals surface area contributed by atoms with E-state index < -0.39 is 34.2 Å². The molecule has 18 heavy (non-hydrogen) atoms. The standard InChI is InChI=1S/C11H9F3O3S/c1-2-7-17-18(15,16)8-9-5-3-4-6-10(9)11(12,13)14/h1,3-6H,7-8H2. The smallest absolute Gasteiger partial charge is 0.257 e. The molecule has 1 rings (SSSR count). The first kappa shape index (κ1) is 14.5. The van der Waals surface area contributed by atoms with E-state index in [0.29, 0.717) is 0 Å². The molecule has 0 heterocycles. The predicted octanol–water partition coefficient (Wildman–Crippen LogP) is 2.19. The molecule has 7 heteroatoms. The molecule has 0 aliphatic rings. The van der Waals surface area contributed by atoms with Crippen molar-refractivity contribution in [3.63, 3.8) is 0 Å². The molecule has 1 aromatic carbocycles. The summed E-state index contributed by atoms with van der Waals surface area (Å²) in [5.41, 5.74) is -1.38. The fourth-order valence-corrected chi connectivity index (χ4v) is 2.24. The van der Waals surface area contributed by atoms with Gasteiger partial charge in [-0.15, -0.1) is 6.42 Å². The zero-order valence-corrected chi connectivity index (χ0v) is 9.88. The monoisotopic (exact) mass is 278 g/mol. The Hall–Kier alpha value is -1.52.